The summed E-state index contributed by atoms with van der Waals surface area (Å²) in [7, 11) is 1.53. The summed E-state index contributed by atoms with van der Waals surface area (Å²) in [6.45, 7) is 2.81. The van der Waals surface area contributed by atoms with Crippen LogP contribution in [-0.4, -0.2) is 25.6 Å². The summed E-state index contributed by atoms with van der Waals surface area (Å²) in [5.41, 5.74) is 1.57. The number of aliphatic imine (C=N–C) groups is 1. The normalized spacial score (nSPS) is 14.9. The van der Waals surface area contributed by atoms with E-state index in [2.05, 4.69) is 11.9 Å². The molecule has 1 aliphatic rings. The lowest BCUT2D eigenvalue weighted by atomic mass is 10.2. The molecule has 0 saturated heterocycles. The Bertz CT molecular complexity index is 888. The van der Waals surface area contributed by atoms with Gasteiger partial charge < -0.3 is 14.2 Å². The topological polar surface area (TPSA) is 57.1 Å². The van der Waals surface area contributed by atoms with Gasteiger partial charge in [-0.2, -0.15) is 0 Å². The number of ether oxygens (including phenoxy) is 3. The molecule has 1 aliphatic heterocycles. The average molecular weight is 386 g/mol. The molecule has 0 aliphatic carbocycles. The number of hydrogen-bond acceptors (Lipinski definition) is 5. The first-order valence-electron chi connectivity index (χ1n) is 8.70. The molecule has 140 valence electrons. The fourth-order valence-electron chi connectivity index (χ4n) is 2.52. The Labute approximate surface area is 163 Å². The minimum atomic E-state index is -0.518. The molecule has 1 heterocycles. The van der Waals surface area contributed by atoms with Crippen LogP contribution in [0.25, 0.3) is 6.08 Å². The zero-order valence-electron chi connectivity index (χ0n) is 15.2. The van der Waals surface area contributed by atoms with E-state index in [4.69, 9.17) is 25.8 Å². The minimum Gasteiger partial charge on any atom is -0.496 e. The number of esters is 1. The Kier molecular flexibility index (Phi) is 6.14. The number of rotatable bonds is 7. The highest BCUT2D eigenvalue weighted by molar-refractivity contribution is 6.31. The van der Waals surface area contributed by atoms with Crippen LogP contribution >= 0.6 is 11.6 Å². The number of carbonyl (C=O) groups excluding carboxylic acids is 1. The SMILES string of the molecule is CCCCOc1ccc(C=C2N=C(c3cc(Cl)ccc3OC)OC2=O)cc1. The number of benzene rings is 2. The van der Waals surface area contributed by atoms with Crippen molar-refractivity contribution in [3.05, 3.63) is 64.3 Å². The number of carbonyl (C=O) groups is 1. The zero-order chi connectivity index (χ0) is 19.2. The summed E-state index contributed by atoms with van der Waals surface area (Å²) < 4.78 is 16.2. The predicted molar refractivity (Wildman–Crippen MR) is 105 cm³/mol. The van der Waals surface area contributed by atoms with Crippen LogP contribution in [-0.2, 0) is 9.53 Å². The fourth-order valence-corrected chi connectivity index (χ4v) is 2.70. The van der Waals surface area contributed by atoms with Gasteiger partial charge in [0.25, 0.3) is 0 Å². The number of methoxy groups -OCH3 is 1. The molecule has 27 heavy (non-hydrogen) atoms. The van der Waals surface area contributed by atoms with Gasteiger partial charge in [-0.3, -0.25) is 0 Å². The second kappa shape index (κ2) is 8.73. The molecule has 0 bridgehead atoms. The van der Waals surface area contributed by atoms with Gasteiger partial charge in [0, 0.05) is 5.02 Å². The van der Waals surface area contributed by atoms with Crippen LogP contribution in [0.15, 0.2) is 53.2 Å². The Morgan fingerprint density at radius 2 is 1.96 bits per heavy atom. The van der Waals surface area contributed by atoms with Crippen LogP contribution in [0.2, 0.25) is 5.02 Å². The van der Waals surface area contributed by atoms with Gasteiger partial charge >= 0.3 is 5.97 Å². The van der Waals surface area contributed by atoms with Gasteiger partial charge in [-0.05, 0) is 48.4 Å². The van der Waals surface area contributed by atoms with Crippen LogP contribution in [0.4, 0.5) is 0 Å². The Balaban J connectivity index is 1.81. The quantitative estimate of drug-likeness (QED) is 0.387. The first-order valence-corrected chi connectivity index (χ1v) is 9.08. The molecule has 0 aromatic heterocycles. The molecule has 0 unspecified atom stereocenters. The molecule has 5 nitrogen and oxygen atoms in total. The molecule has 3 rings (SSSR count). The van der Waals surface area contributed by atoms with E-state index in [0.717, 1.165) is 24.2 Å². The van der Waals surface area contributed by atoms with Gasteiger partial charge in [-0.15, -0.1) is 0 Å². The van der Waals surface area contributed by atoms with Crippen LogP contribution in [0.5, 0.6) is 11.5 Å². The van der Waals surface area contributed by atoms with Crippen molar-refractivity contribution in [2.24, 2.45) is 4.99 Å². The number of halogens is 1. The number of nitrogens with zero attached hydrogens (tertiary/aromatic N) is 1. The summed E-state index contributed by atoms with van der Waals surface area (Å²) in [6, 6.07) is 12.5. The largest absolute Gasteiger partial charge is 0.496 e. The molecule has 0 N–H and O–H groups in total. The van der Waals surface area contributed by atoms with E-state index < -0.39 is 5.97 Å². The fraction of sp³-hybridized carbons (Fsp3) is 0.238. The van der Waals surface area contributed by atoms with Gasteiger partial charge in [0.05, 0.1) is 19.3 Å². The third-order valence-corrected chi connectivity index (χ3v) is 4.20. The van der Waals surface area contributed by atoms with E-state index in [1.165, 1.54) is 7.11 Å². The monoisotopic (exact) mass is 385 g/mol. The van der Waals surface area contributed by atoms with Crippen LogP contribution in [0, 0.1) is 0 Å². The minimum absolute atomic E-state index is 0.171. The van der Waals surface area contributed by atoms with Gasteiger partial charge in [0.15, 0.2) is 5.70 Å². The highest BCUT2D eigenvalue weighted by atomic mass is 35.5. The summed E-state index contributed by atoms with van der Waals surface area (Å²) in [5.74, 6) is 0.980. The van der Waals surface area contributed by atoms with Crippen molar-refractivity contribution in [3.8, 4) is 11.5 Å². The van der Waals surface area contributed by atoms with Crippen molar-refractivity contribution in [1.82, 2.24) is 0 Å². The summed E-state index contributed by atoms with van der Waals surface area (Å²) in [5, 5.41) is 0.501. The molecule has 6 heteroatoms. The Morgan fingerprint density at radius 3 is 2.67 bits per heavy atom. The maximum Gasteiger partial charge on any atom is 0.363 e. The van der Waals surface area contributed by atoms with Gasteiger partial charge in [-0.1, -0.05) is 37.1 Å². The number of unbranched alkanes of at least 4 members (excludes halogenated alkanes) is 1. The molecular weight excluding hydrogens is 366 g/mol. The van der Waals surface area contributed by atoms with Gasteiger partial charge in [0.1, 0.15) is 11.5 Å². The van der Waals surface area contributed by atoms with E-state index in [9.17, 15) is 4.79 Å². The lowest BCUT2D eigenvalue weighted by Crippen LogP contribution is -2.07. The summed E-state index contributed by atoms with van der Waals surface area (Å²) >= 11 is 6.04. The molecule has 0 spiro atoms. The number of hydrogen-bond donors (Lipinski definition) is 0. The third-order valence-electron chi connectivity index (χ3n) is 3.96. The van der Waals surface area contributed by atoms with Crippen molar-refractivity contribution < 1.29 is 19.0 Å². The molecule has 2 aromatic carbocycles. The van der Waals surface area contributed by atoms with E-state index in [-0.39, 0.29) is 11.6 Å². The van der Waals surface area contributed by atoms with Crippen molar-refractivity contribution in [1.29, 1.82) is 0 Å². The Hall–Kier alpha value is -2.79. The third kappa shape index (κ3) is 4.68. The van der Waals surface area contributed by atoms with E-state index >= 15 is 0 Å². The van der Waals surface area contributed by atoms with Crippen molar-refractivity contribution in [2.75, 3.05) is 13.7 Å². The van der Waals surface area contributed by atoms with E-state index in [0.29, 0.717) is 22.9 Å². The molecule has 0 amide bonds. The molecule has 0 atom stereocenters. The highest BCUT2D eigenvalue weighted by Crippen LogP contribution is 2.28. The van der Waals surface area contributed by atoms with Crippen LogP contribution < -0.4 is 9.47 Å². The van der Waals surface area contributed by atoms with Gasteiger partial charge in [-0.25, -0.2) is 9.79 Å². The molecule has 0 fully saturated rings. The highest BCUT2D eigenvalue weighted by Gasteiger charge is 2.26. The average Bonchev–Trinajstić information content (AvgIpc) is 3.03. The van der Waals surface area contributed by atoms with Crippen molar-refractivity contribution in [2.45, 2.75) is 19.8 Å². The molecule has 0 radical (unpaired) electrons. The zero-order valence-corrected chi connectivity index (χ0v) is 16.0. The maximum atomic E-state index is 12.2. The van der Waals surface area contributed by atoms with Crippen LogP contribution in [0.3, 0.4) is 0 Å². The van der Waals surface area contributed by atoms with E-state index in [1.807, 2.05) is 24.3 Å². The maximum absolute atomic E-state index is 12.2. The predicted octanol–water partition coefficient (Wildman–Crippen LogP) is 4.87. The molecular formula is C21H20ClNO4. The second-order valence-electron chi connectivity index (χ2n) is 5.95. The summed E-state index contributed by atoms with van der Waals surface area (Å²) in [6.07, 6.45) is 3.77. The standard InChI is InChI=1S/C21H20ClNO4/c1-3-4-11-26-16-8-5-14(6-9-16)12-18-21(24)27-20(23-18)17-13-15(22)7-10-19(17)25-2/h5-10,12-13H,3-4,11H2,1-2H3. The lowest BCUT2D eigenvalue weighted by Gasteiger charge is -2.07. The smallest absolute Gasteiger partial charge is 0.363 e. The van der Waals surface area contributed by atoms with Crippen molar-refractivity contribution in [3.63, 3.8) is 0 Å². The lowest BCUT2D eigenvalue weighted by molar-refractivity contribution is -0.129. The van der Waals surface area contributed by atoms with Gasteiger partial charge in [0.2, 0.25) is 5.90 Å². The van der Waals surface area contributed by atoms with Crippen molar-refractivity contribution >= 4 is 29.5 Å². The second-order valence-corrected chi connectivity index (χ2v) is 6.39. The van der Waals surface area contributed by atoms with E-state index in [1.54, 1.807) is 24.3 Å². The number of cyclic esters (lactones) is 1. The summed E-state index contributed by atoms with van der Waals surface area (Å²) in [4.78, 5) is 16.5. The first-order chi connectivity index (χ1) is 13.1. The Morgan fingerprint density at radius 1 is 1.19 bits per heavy atom. The van der Waals surface area contributed by atoms with Crippen LogP contribution in [0.1, 0.15) is 30.9 Å². The first kappa shape index (κ1) is 19.0. The molecule has 2 aromatic rings. The molecule has 0 saturated carbocycles.